The van der Waals surface area contributed by atoms with E-state index in [2.05, 4.69) is 26.3 Å². The summed E-state index contributed by atoms with van der Waals surface area (Å²) < 4.78 is 1.74. The molecule has 3 heterocycles. The van der Waals surface area contributed by atoms with Crippen molar-refractivity contribution in [1.82, 2.24) is 25.0 Å². The zero-order valence-electron chi connectivity index (χ0n) is 16.8. The van der Waals surface area contributed by atoms with Crippen molar-refractivity contribution in [2.45, 2.75) is 23.8 Å². The normalized spacial score (nSPS) is 13.1. The number of rotatable bonds is 5. The van der Waals surface area contributed by atoms with Gasteiger partial charge < -0.3 is 4.90 Å². The molecule has 0 saturated heterocycles. The number of hydrogen-bond donors (Lipinski definition) is 0. The van der Waals surface area contributed by atoms with Crippen LogP contribution < -0.4 is 4.90 Å². The maximum atomic E-state index is 13.6. The quantitative estimate of drug-likeness (QED) is 0.354. The second kappa shape index (κ2) is 8.69. The summed E-state index contributed by atoms with van der Waals surface area (Å²) in [5, 5.41) is 9.30. The van der Waals surface area contributed by atoms with Gasteiger partial charge in [0.25, 0.3) is 5.91 Å². The molecule has 0 atom stereocenters. The minimum absolute atomic E-state index is 0.126. The number of thioether (sulfide) groups is 1. The molecule has 0 N–H and O–H groups in total. The summed E-state index contributed by atoms with van der Waals surface area (Å²) in [5.74, 6) is 0.349. The number of aryl methyl sites for hydroxylation is 1. The summed E-state index contributed by atoms with van der Waals surface area (Å²) >= 11 is 1.46. The molecule has 7 nitrogen and oxygen atoms in total. The Labute approximate surface area is 184 Å². The largest absolute Gasteiger partial charge is 0.307 e. The van der Waals surface area contributed by atoms with Gasteiger partial charge in [0, 0.05) is 30.4 Å². The van der Waals surface area contributed by atoms with E-state index in [4.69, 9.17) is 0 Å². The number of hydrogen-bond acceptors (Lipinski definition) is 6. The molecular weight excluding hydrogens is 408 g/mol. The van der Waals surface area contributed by atoms with Crippen LogP contribution in [0.2, 0.25) is 0 Å². The second-order valence-corrected chi connectivity index (χ2v) is 8.08. The summed E-state index contributed by atoms with van der Waals surface area (Å²) in [7, 11) is 0. The number of nitrogens with zero attached hydrogens (tertiary/aromatic N) is 6. The predicted molar refractivity (Wildman–Crippen MR) is 119 cm³/mol. The Morgan fingerprint density at radius 2 is 1.74 bits per heavy atom. The summed E-state index contributed by atoms with van der Waals surface area (Å²) in [5.41, 5.74) is 4.10. The molecule has 2 aromatic heterocycles. The van der Waals surface area contributed by atoms with Crippen LogP contribution in [-0.2, 0) is 12.2 Å². The topological polar surface area (TPSA) is 76.8 Å². The van der Waals surface area contributed by atoms with E-state index >= 15 is 0 Å². The highest BCUT2D eigenvalue weighted by Crippen LogP contribution is 2.30. The van der Waals surface area contributed by atoms with E-state index in [-0.39, 0.29) is 5.91 Å². The van der Waals surface area contributed by atoms with Crippen molar-refractivity contribution in [2.24, 2.45) is 0 Å². The van der Waals surface area contributed by atoms with Gasteiger partial charge in [-0.05, 0) is 42.7 Å². The van der Waals surface area contributed by atoms with Crippen LogP contribution in [0.4, 0.5) is 5.69 Å². The first-order valence-electron chi connectivity index (χ1n) is 10.1. The number of para-hydroxylation sites is 2. The molecule has 0 saturated carbocycles. The molecule has 154 valence electrons. The zero-order valence-corrected chi connectivity index (χ0v) is 17.6. The molecular formula is C23H20N6OS. The van der Waals surface area contributed by atoms with Crippen LogP contribution in [0, 0.1) is 0 Å². The van der Waals surface area contributed by atoms with E-state index in [1.807, 2.05) is 53.4 Å². The number of amides is 1. The fourth-order valence-corrected chi connectivity index (χ4v) is 4.53. The van der Waals surface area contributed by atoms with Crippen LogP contribution in [0.15, 0.2) is 78.2 Å². The Balaban J connectivity index is 1.52. The average molecular weight is 429 g/mol. The van der Waals surface area contributed by atoms with E-state index in [0.717, 1.165) is 29.9 Å². The molecule has 0 bridgehead atoms. The number of carbonyl (C=O) groups is 1. The Morgan fingerprint density at radius 3 is 2.58 bits per heavy atom. The third-order valence-corrected chi connectivity index (χ3v) is 6.09. The Hall–Kier alpha value is -3.52. The minimum atomic E-state index is -0.126. The van der Waals surface area contributed by atoms with Crippen molar-refractivity contribution in [1.29, 1.82) is 0 Å². The molecule has 1 amide bonds. The smallest absolute Gasteiger partial charge is 0.280 e. The fraction of sp³-hybridized carbons (Fsp3) is 0.174. The lowest BCUT2D eigenvalue weighted by Gasteiger charge is -2.29. The van der Waals surface area contributed by atoms with Crippen LogP contribution in [0.3, 0.4) is 0 Å². The molecule has 0 unspecified atom stereocenters. The molecule has 1 aliphatic rings. The molecule has 4 aromatic rings. The molecule has 0 spiro atoms. The van der Waals surface area contributed by atoms with E-state index in [9.17, 15) is 4.79 Å². The SMILES string of the molecule is O=C(c1nnn(-c2ccccc2)c1CSc1ncccn1)N1CCCc2ccccc21. The van der Waals surface area contributed by atoms with Crippen LogP contribution in [0.25, 0.3) is 5.69 Å². The maximum absolute atomic E-state index is 13.6. The summed E-state index contributed by atoms with van der Waals surface area (Å²) in [6.07, 6.45) is 5.32. The number of carbonyl (C=O) groups excluding carboxylic acids is 1. The summed E-state index contributed by atoms with van der Waals surface area (Å²) in [6.45, 7) is 0.669. The van der Waals surface area contributed by atoms with Gasteiger partial charge in [-0.3, -0.25) is 4.79 Å². The number of anilines is 1. The summed E-state index contributed by atoms with van der Waals surface area (Å²) in [4.78, 5) is 24.0. The van der Waals surface area contributed by atoms with Gasteiger partial charge in [0.2, 0.25) is 0 Å². The highest BCUT2D eigenvalue weighted by Gasteiger charge is 2.29. The molecule has 31 heavy (non-hydrogen) atoms. The number of fused-ring (bicyclic) bond motifs is 1. The third-order valence-electron chi connectivity index (χ3n) is 5.20. The molecule has 0 aliphatic carbocycles. The molecule has 2 aromatic carbocycles. The highest BCUT2D eigenvalue weighted by atomic mass is 32.2. The lowest BCUT2D eigenvalue weighted by Crippen LogP contribution is -2.36. The van der Waals surface area contributed by atoms with E-state index in [1.54, 1.807) is 23.1 Å². The van der Waals surface area contributed by atoms with E-state index in [0.29, 0.717) is 23.1 Å². The van der Waals surface area contributed by atoms with E-state index < -0.39 is 0 Å². The standard InChI is InChI=1S/C23H20N6OS/c30-22(28-15-6-9-17-8-4-5-12-19(17)28)21-20(16-31-23-24-13-7-14-25-23)29(27-26-21)18-10-2-1-3-11-18/h1-5,7-8,10-14H,6,9,15-16H2. The Bertz CT molecular complexity index is 1200. The third kappa shape index (κ3) is 3.94. The molecule has 5 rings (SSSR count). The van der Waals surface area contributed by atoms with Crippen molar-refractivity contribution in [2.75, 3.05) is 11.4 Å². The lowest BCUT2D eigenvalue weighted by atomic mass is 10.0. The molecule has 8 heteroatoms. The van der Waals surface area contributed by atoms with Crippen LogP contribution in [0.1, 0.15) is 28.2 Å². The first-order valence-corrected chi connectivity index (χ1v) is 11.1. The number of aromatic nitrogens is 5. The van der Waals surface area contributed by atoms with Crippen LogP contribution in [-0.4, -0.2) is 37.4 Å². The van der Waals surface area contributed by atoms with Crippen molar-refractivity contribution >= 4 is 23.4 Å². The van der Waals surface area contributed by atoms with Gasteiger partial charge in [0.05, 0.1) is 11.4 Å². The maximum Gasteiger partial charge on any atom is 0.280 e. The van der Waals surface area contributed by atoms with Crippen molar-refractivity contribution in [3.05, 3.63) is 90.0 Å². The van der Waals surface area contributed by atoms with Crippen LogP contribution in [0.5, 0.6) is 0 Å². The van der Waals surface area contributed by atoms with Gasteiger partial charge in [0.15, 0.2) is 10.9 Å². The van der Waals surface area contributed by atoms with E-state index in [1.165, 1.54) is 17.3 Å². The van der Waals surface area contributed by atoms with Crippen molar-refractivity contribution in [3.63, 3.8) is 0 Å². The van der Waals surface area contributed by atoms with Gasteiger partial charge in [-0.15, -0.1) is 5.10 Å². The number of benzene rings is 2. The van der Waals surface area contributed by atoms with Crippen molar-refractivity contribution in [3.8, 4) is 5.69 Å². The first-order chi connectivity index (χ1) is 15.3. The predicted octanol–water partition coefficient (Wildman–Crippen LogP) is 3.94. The molecule has 0 fully saturated rings. The van der Waals surface area contributed by atoms with Gasteiger partial charge in [-0.1, -0.05) is 53.4 Å². The highest BCUT2D eigenvalue weighted by molar-refractivity contribution is 7.98. The lowest BCUT2D eigenvalue weighted by molar-refractivity contribution is 0.0979. The second-order valence-electron chi connectivity index (χ2n) is 7.14. The first kappa shape index (κ1) is 19.4. The minimum Gasteiger partial charge on any atom is -0.307 e. The monoisotopic (exact) mass is 428 g/mol. The molecule has 0 radical (unpaired) electrons. The Morgan fingerprint density at radius 1 is 0.968 bits per heavy atom. The molecule has 1 aliphatic heterocycles. The zero-order chi connectivity index (χ0) is 21.0. The van der Waals surface area contributed by atoms with Gasteiger partial charge in [-0.25, -0.2) is 14.6 Å². The Kier molecular flexibility index (Phi) is 5.45. The fourth-order valence-electron chi connectivity index (χ4n) is 3.74. The van der Waals surface area contributed by atoms with Gasteiger partial charge in [0.1, 0.15) is 0 Å². The summed E-state index contributed by atoms with van der Waals surface area (Å²) in [6, 6.07) is 19.6. The van der Waals surface area contributed by atoms with Gasteiger partial charge >= 0.3 is 0 Å². The average Bonchev–Trinajstić information content (AvgIpc) is 3.27. The van der Waals surface area contributed by atoms with Gasteiger partial charge in [-0.2, -0.15) is 0 Å². The van der Waals surface area contributed by atoms with Crippen molar-refractivity contribution < 1.29 is 4.79 Å². The van der Waals surface area contributed by atoms with Crippen LogP contribution >= 0.6 is 11.8 Å².